The lowest BCUT2D eigenvalue weighted by Crippen LogP contribution is -2.31. The van der Waals surface area contributed by atoms with Crippen LogP contribution in [0, 0.1) is 0 Å². The average molecular weight is 334 g/mol. The van der Waals surface area contributed by atoms with Gasteiger partial charge in [0.1, 0.15) is 5.82 Å². The molecule has 4 rings (SSSR count). The van der Waals surface area contributed by atoms with Gasteiger partial charge in [-0.25, -0.2) is 4.98 Å². The summed E-state index contributed by atoms with van der Waals surface area (Å²) in [5.41, 5.74) is 3.33. The van der Waals surface area contributed by atoms with Crippen molar-refractivity contribution in [2.75, 3.05) is 0 Å². The number of fused-ring (bicyclic) bond motifs is 2. The van der Waals surface area contributed by atoms with Crippen molar-refractivity contribution in [1.29, 1.82) is 0 Å². The summed E-state index contributed by atoms with van der Waals surface area (Å²) in [6.07, 6.45) is 0.202. The second kappa shape index (κ2) is 6.05. The van der Waals surface area contributed by atoms with Crippen molar-refractivity contribution >= 4 is 22.8 Å². The van der Waals surface area contributed by atoms with Gasteiger partial charge in [0.25, 0.3) is 5.91 Å². The van der Waals surface area contributed by atoms with Gasteiger partial charge in [-0.1, -0.05) is 30.3 Å². The number of hydrogen-bond donors (Lipinski definition) is 3. The summed E-state index contributed by atoms with van der Waals surface area (Å²) in [7, 11) is 0. The number of nitrogens with zero attached hydrogens (tertiary/aromatic N) is 1. The van der Waals surface area contributed by atoms with Gasteiger partial charge in [0.2, 0.25) is 5.91 Å². The summed E-state index contributed by atoms with van der Waals surface area (Å²) in [5.74, 6) is 0.457. The number of rotatable bonds is 4. The van der Waals surface area contributed by atoms with Gasteiger partial charge in [0.05, 0.1) is 29.5 Å². The average Bonchev–Trinajstić information content (AvgIpc) is 3.17. The normalized spacial score (nSPS) is 17.2. The molecule has 25 heavy (non-hydrogen) atoms. The lowest BCUT2D eigenvalue weighted by atomic mass is 10.0. The standard InChI is InChI=1S/C19H18N4O2/c1-11(18-21-14-8-4-5-9-15(14)22-18)20-17(24)10-16-12-6-2-3-7-13(12)19(25)23-16/h2-9,11,16H,10H2,1H3,(H,20,24)(H,21,22)(H,23,25)/t11-,16-/m1/s1. The Bertz CT molecular complexity index is 930. The predicted octanol–water partition coefficient (Wildman–Crippen LogP) is 2.61. The monoisotopic (exact) mass is 334 g/mol. The molecule has 0 fully saturated rings. The van der Waals surface area contributed by atoms with Crippen molar-refractivity contribution in [3.8, 4) is 0 Å². The fraction of sp³-hybridized carbons (Fsp3) is 0.211. The van der Waals surface area contributed by atoms with Crippen LogP contribution in [-0.2, 0) is 4.79 Å². The molecule has 0 bridgehead atoms. The second-order valence-corrected chi connectivity index (χ2v) is 6.25. The van der Waals surface area contributed by atoms with Crippen LogP contribution in [0.15, 0.2) is 48.5 Å². The van der Waals surface area contributed by atoms with E-state index < -0.39 is 0 Å². The van der Waals surface area contributed by atoms with Gasteiger partial charge in [0.15, 0.2) is 0 Å². The molecule has 6 heteroatoms. The van der Waals surface area contributed by atoms with Crippen molar-refractivity contribution in [3.63, 3.8) is 0 Å². The van der Waals surface area contributed by atoms with Crippen molar-refractivity contribution in [1.82, 2.24) is 20.6 Å². The molecule has 1 aromatic heterocycles. The Morgan fingerprint density at radius 1 is 1.20 bits per heavy atom. The molecule has 0 saturated carbocycles. The van der Waals surface area contributed by atoms with Crippen LogP contribution in [0.3, 0.4) is 0 Å². The Morgan fingerprint density at radius 3 is 2.80 bits per heavy atom. The van der Waals surface area contributed by atoms with E-state index in [4.69, 9.17) is 0 Å². The maximum Gasteiger partial charge on any atom is 0.252 e. The summed E-state index contributed by atoms with van der Waals surface area (Å²) in [5, 5.41) is 5.81. The quantitative estimate of drug-likeness (QED) is 0.685. The Balaban J connectivity index is 1.45. The smallest absolute Gasteiger partial charge is 0.252 e. The molecule has 0 unspecified atom stereocenters. The van der Waals surface area contributed by atoms with Crippen LogP contribution in [0.5, 0.6) is 0 Å². The molecule has 1 aliphatic rings. The first-order chi connectivity index (χ1) is 12.1. The lowest BCUT2D eigenvalue weighted by molar-refractivity contribution is -0.122. The van der Waals surface area contributed by atoms with E-state index in [2.05, 4.69) is 20.6 Å². The molecule has 3 N–H and O–H groups in total. The van der Waals surface area contributed by atoms with Crippen molar-refractivity contribution < 1.29 is 9.59 Å². The highest BCUT2D eigenvalue weighted by molar-refractivity contribution is 5.99. The van der Waals surface area contributed by atoms with Crippen molar-refractivity contribution in [3.05, 3.63) is 65.5 Å². The van der Waals surface area contributed by atoms with Crippen molar-refractivity contribution in [2.45, 2.75) is 25.4 Å². The largest absolute Gasteiger partial charge is 0.346 e. The fourth-order valence-electron chi connectivity index (χ4n) is 3.21. The first-order valence-corrected chi connectivity index (χ1v) is 8.25. The molecule has 126 valence electrons. The summed E-state index contributed by atoms with van der Waals surface area (Å²) >= 11 is 0. The third kappa shape index (κ3) is 2.87. The Morgan fingerprint density at radius 2 is 1.96 bits per heavy atom. The highest BCUT2D eigenvalue weighted by Gasteiger charge is 2.29. The van der Waals surface area contributed by atoms with Crippen LogP contribution in [0.2, 0.25) is 0 Å². The summed E-state index contributed by atoms with van der Waals surface area (Å²) < 4.78 is 0. The first kappa shape index (κ1) is 15.4. The maximum atomic E-state index is 12.4. The van der Waals surface area contributed by atoms with E-state index in [1.807, 2.05) is 49.4 Å². The molecule has 0 radical (unpaired) electrons. The minimum atomic E-state index is -0.286. The van der Waals surface area contributed by atoms with E-state index >= 15 is 0 Å². The van der Waals surface area contributed by atoms with E-state index in [1.165, 1.54) is 0 Å². The molecule has 2 atom stereocenters. The molecule has 2 amide bonds. The highest BCUT2D eigenvalue weighted by atomic mass is 16.2. The zero-order valence-electron chi connectivity index (χ0n) is 13.7. The Hall–Kier alpha value is -3.15. The molecule has 2 heterocycles. The summed E-state index contributed by atoms with van der Waals surface area (Å²) in [4.78, 5) is 32.1. The molecule has 0 aliphatic carbocycles. The fourth-order valence-corrected chi connectivity index (χ4v) is 3.21. The van der Waals surface area contributed by atoms with Gasteiger partial charge >= 0.3 is 0 Å². The SMILES string of the molecule is C[C@@H](NC(=O)C[C@H]1NC(=O)c2ccccc21)c1nc2ccccc2[nH]1. The van der Waals surface area contributed by atoms with E-state index in [-0.39, 0.29) is 30.3 Å². The van der Waals surface area contributed by atoms with Gasteiger partial charge < -0.3 is 15.6 Å². The molecular formula is C19H18N4O2. The van der Waals surface area contributed by atoms with Crippen LogP contribution in [0.4, 0.5) is 0 Å². The number of carbonyl (C=O) groups is 2. The lowest BCUT2D eigenvalue weighted by Gasteiger charge is -2.15. The van der Waals surface area contributed by atoms with Gasteiger partial charge in [0, 0.05) is 5.56 Å². The number of H-pyrrole nitrogens is 1. The summed E-state index contributed by atoms with van der Waals surface area (Å²) in [6, 6.07) is 14.6. The molecule has 2 aromatic carbocycles. The number of benzene rings is 2. The Kier molecular flexibility index (Phi) is 3.72. The highest BCUT2D eigenvalue weighted by Crippen LogP contribution is 2.27. The number of hydrogen-bond acceptors (Lipinski definition) is 3. The maximum absolute atomic E-state index is 12.4. The minimum absolute atomic E-state index is 0.126. The van der Waals surface area contributed by atoms with Crippen LogP contribution >= 0.6 is 0 Å². The van der Waals surface area contributed by atoms with Gasteiger partial charge in [-0.2, -0.15) is 0 Å². The molecule has 6 nitrogen and oxygen atoms in total. The number of carbonyl (C=O) groups excluding carboxylic acids is 2. The second-order valence-electron chi connectivity index (χ2n) is 6.25. The Labute approximate surface area is 144 Å². The summed E-state index contributed by atoms with van der Waals surface area (Å²) in [6.45, 7) is 1.89. The number of imidazole rings is 1. The number of aromatic amines is 1. The third-order valence-corrected chi connectivity index (χ3v) is 4.47. The molecule has 0 spiro atoms. The number of para-hydroxylation sites is 2. The predicted molar refractivity (Wildman–Crippen MR) is 93.9 cm³/mol. The van der Waals surface area contributed by atoms with E-state index in [0.29, 0.717) is 11.4 Å². The molecule has 0 saturated heterocycles. The topological polar surface area (TPSA) is 86.9 Å². The number of nitrogens with one attached hydrogen (secondary N) is 3. The van der Waals surface area contributed by atoms with Gasteiger partial charge in [-0.15, -0.1) is 0 Å². The number of amides is 2. The zero-order valence-corrected chi connectivity index (χ0v) is 13.7. The van der Waals surface area contributed by atoms with Crippen LogP contribution in [-0.4, -0.2) is 21.8 Å². The van der Waals surface area contributed by atoms with Crippen LogP contribution in [0.1, 0.15) is 47.2 Å². The van der Waals surface area contributed by atoms with Gasteiger partial charge in [-0.3, -0.25) is 9.59 Å². The molecular weight excluding hydrogens is 316 g/mol. The van der Waals surface area contributed by atoms with E-state index in [1.54, 1.807) is 6.07 Å². The van der Waals surface area contributed by atoms with E-state index in [9.17, 15) is 9.59 Å². The molecule has 3 aromatic rings. The van der Waals surface area contributed by atoms with Crippen molar-refractivity contribution in [2.24, 2.45) is 0 Å². The first-order valence-electron chi connectivity index (χ1n) is 8.25. The van der Waals surface area contributed by atoms with E-state index in [0.717, 1.165) is 16.6 Å². The van der Waals surface area contributed by atoms with Crippen LogP contribution < -0.4 is 10.6 Å². The van der Waals surface area contributed by atoms with Gasteiger partial charge in [-0.05, 0) is 30.7 Å². The third-order valence-electron chi connectivity index (χ3n) is 4.47. The van der Waals surface area contributed by atoms with Crippen LogP contribution in [0.25, 0.3) is 11.0 Å². The molecule has 1 aliphatic heterocycles. The number of aromatic nitrogens is 2. The minimum Gasteiger partial charge on any atom is -0.346 e. The zero-order chi connectivity index (χ0) is 17.4.